The van der Waals surface area contributed by atoms with Crippen molar-refractivity contribution < 1.29 is 13.9 Å². The minimum atomic E-state index is -0.229. The van der Waals surface area contributed by atoms with Gasteiger partial charge in [-0.1, -0.05) is 23.7 Å². The minimum absolute atomic E-state index is 0.0177. The van der Waals surface area contributed by atoms with Gasteiger partial charge in [0.05, 0.1) is 17.7 Å². The van der Waals surface area contributed by atoms with Crippen LogP contribution in [0.15, 0.2) is 36.4 Å². The monoisotopic (exact) mass is 351 g/mol. The molecule has 0 aromatic heterocycles. The Labute approximate surface area is 147 Å². The fourth-order valence-electron chi connectivity index (χ4n) is 2.29. The van der Waals surface area contributed by atoms with Gasteiger partial charge in [-0.05, 0) is 56.2 Å². The van der Waals surface area contributed by atoms with E-state index < -0.39 is 0 Å². The standard InChI is InChI=1S/C19H23ClFNO2/c1-4-23-18-10-15(9-17(20)19(18)24-13(2)3)12-22-11-14-5-7-16(21)8-6-14/h5-10,13,22H,4,11-12H2,1-3H3. The molecule has 0 unspecified atom stereocenters. The lowest BCUT2D eigenvalue weighted by Gasteiger charge is -2.17. The van der Waals surface area contributed by atoms with E-state index in [0.29, 0.717) is 36.2 Å². The molecular formula is C19H23ClFNO2. The SMILES string of the molecule is CCOc1cc(CNCc2ccc(F)cc2)cc(Cl)c1OC(C)C. The number of hydrogen-bond acceptors (Lipinski definition) is 3. The molecule has 2 aromatic carbocycles. The summed E-state index contributed by atoms with van der Waals surface area (Å²) in [6.07, 6.45) is 0.0177. The molecule has 0 fully saturated rings. The molecule has 3 nitrogen and oxygen atoms in total. The molecule has 0 atom stereocenters. The first-order valence-electron chi connectivity index (χ1n) is 8.06. The highest BCUT2D eigenvalue weighted by Crippen LogP contribution is 2.37. The third kappa shape index (κ3) is 5.39. The lowest BCUT2D eigenvalue weighted by Crippen LogP contribution is -2.13. The zero-order chi connectivity index (χ0) is 17.5. The topological polar surface area (TPSA) is 30.5 Å². The van der Waals surface area contributed by atoms with E-state index in [1.807, 2.05) is 32.9 Å². The summed E-state index contributed by atoms with van der Waals surface area (Å²) in [4.78, 5) is 0. The Morgan fingerprint density at radius 1 is 1.08 bits per heavy atom. The second kappa shape index (κ2) is 8.90. The maximum absolute atomic E-state index is 12.9. The van der Waals surface area contributed by atoms with Crippen LogP contribution in [0.1, 0.15) is 31.9 Å². The van der Waals surface area contributed by atoms with Gasteiger partial charge in [-0.25, -0.2) is 4.39 Å². The molecule has 0 aliphatic carbocycles. The van der Waals surface area contributed by atoms with Gasteiger partial charge in [-0.2, -0.15) is 0 Å². The van der Waals surface area contributed by atoms with Crippen LogP contribution in [0.25, 0.3) is 0 Å². The van der Waals surface area contributed by atoms with Crippen molar-refractivity contribution in [1.82, 2.24) is 5.32 Å². The Morgan fingerprint density at radius 3 is 2.38 bits per heavy atom. The van der Waals surface area contributed by atoms with Crippen molar-refractivity contribution in [2.75, 3.05) is 6.61 Å². The minimum Gasteiger partial charge on any atom is -0.490 e. The normalized spacial score (nSPS) is 10.9. The summed E-state index contributed by atoms with van der Waals surface area (Å²) < 4.78 is 24.3. The summed E-state index contributed by atoms with van der Waals surface area (Å²) in [6, 6.07) is 10.3. The van der Waals surface area contributed by atoms with Crippen LogP contribution in [0.4, 0.5) is 4.39 Å². The van der Waals surface area contributed by atoms with Crippen molar-refractivity contribution in [3.63, 3.8) is 0 Å². The number of hydrogen-bond donors (Lipinski definition) is 1. The molecule has 0 aliphatic heterocycles. The molecule has 24 heavy (non-hydrogen) atoms. The predicted octanol–water partition coefficient (Wildman–Crippen LogP) is 4.95. The van der Waals surface area contributed by atoms with Crippen molar-refractivity contribution >= 4 is 11.6 Å². The Balaban J connectivity index is 2.05. The van der Waals surface area contributed by atoms with E-state index in [4.69, 9.17) is 21.1 Å². The van der Waals surface area contributed by atoms with Crippen LogP contribution in [-0.4, -0.2) is 12.7 Å². The number of ether oxygens (including phenoxy) is 2. The van der Waals surface area contributed by atoms with Crippen molar-refractivity contribution in [3.8, 4) is 11.5 Å². The highest BCUT2D eigenvalue weighted by atomic mass is 35.5. The third-order valence-corrected chi connectivity index (χ3v) is 3.57. The van der Waals surface area contributed by atoms with E-state index in [9.17, 15) is 4.39 Å². The van der Waals surface area contributed by atoms with Crippen LogP contribution in [0.3, 0.4) is 0 Å². The molecule has 0 radical (unpaired) electrons. The zero-order valence-corrected chi connectivity index (χ0v) is 15.0. The second-order valence-corrected chi connectivity index (χ2v) is 6.14. The number of rotatable bonds is 8. The van der Waals surface area contributed by atoms with Gasteiger partial charge in [0.2, 0.25) is 0 Å². The van der Waals surface area contributed by atoms with Crippen molar-refractivity contribution in [2.45, 2.75) is 40.0 Å². The maximum Gasteiger partial charge on any atom is 0.180 e. The van der Waals surface area contributed by atoms with E-state index >= 15 is 0 Å². The summed E-state index contributed by atoms with van der Waals surface area (Å²) in [6.45, 7) is 7.63. The van der Waals surface area contributed by atoms with Gasteiger partial charge < -0.3 is 14.8 Å². The summed E-state index contributed by atoms with van der Waals surface area (Å²) in [7, 11) is 0. The zero-order valence-electron chi connectivity index (χ0n) is 14.2. The van der Waals surface area contributed by atoms with E-state index in [-0.39, 0.29) is 11.9 Å². The van der Waals surface area contributed by atoms with E-state index in [2.05, 4.69) is 5.32 Å². The molecule has 0 spiro atoms. The fraction of sp³-hybridized carbons (Fsp3) is 0.368. The molecule has 0 heterocycles. The van der Waals surface area contributed by atoms with Crippen molar-refractivity contribution in [3.05, 3.63) is 58.4 Å². The van der Waals surface area contributed by atoms with Gasteiger partial charge >= 0.3 is 0 Å². The fourth-order valence-corrected chi connectivity index (χ4v) is 2.57. The van der Waals surface area contributed by atoms with Crippen LogP contribution < -0.4 is 14.8 Å². The Hall–Kier alpha value is -1.78. The maximum atomic E-state index is 12.9. The van der Waals surface area contributed by atoms with E-state index in [1.54, 1.807) is 12.1 Å². The number of halogens is 2. The Kier molecular flexibility index (Phi) is 6.88. The quantitative estimate of drug-likeness (QED) is 0.729. The summed E-state index contributed by atoms with van der Waals surface area (Å²) >= 11 is 6.35. The molecule has 5 heteroatoms. The Morgan fingerprint density at radius 2 is 1.75 bits per heavy atom. The molecule has 0 saturated carbocycles. The first kappa shape index (κ1) is 18.6. The largest absolute Gasteiger partial charge is 0.490 e. The van der Waals surface area contributed by atoms with Gasteiger partial charge in [-0.15, -0.1) is 0 Å². The smallest absolute Gasteiger partial charge is 0.180 e. The molecular weight excluding hydrogens is 329 g/mol. The molecule has 2 rings (SSSR count). The van der Waals surface area contributed by atoms with Gasteiger partial charge in [0.15, 0.2) is 11.5 Å². The third-order valence-electron chi connectivity index (χ3n) is 3.29. The average molecular weight is 352 g/mol. The second-order valence-electron chi connectivity index (χ2n) is 5.73. The van der Waals surface area contributed by atoms with Crippen LogP contribution >= 0.6 is 11.6 Å². The lowest BCUT2D eigenvalue weighted by atomic mass is 10.1. The highest BCUT2D eigenvalue weighted by molar-refractivity contribution is 6.32. The molecule has 130 valence electrons. The first-order chi connectivity index (χ1) is 11.5. The van der Waals surface area contributed by atoms with Crippen LogP contribution in [0.2, 0.25) is 5.02 Å². The van der Waals surface area contributed by atoms with Crippen molar-refractivity contribution in [1.29, 1.82) is 0 Å². The average Bonchev–Trinajstić information content (AvgIpc) is 2.53. The highest BCUT2D eigenvalue weighted by Gasteiger charge is 2.14. The molecule has 0 bridgehead atoms. The lowest BCUT2D eigenvalue weighted by molar-refractivity contribution is 0.224. The molecule has 0 amide bonds. The predicted molar refractivity (Wildman–Crippen MR) is 95.3 cm³/mol. The summed E-state index contributed by atoms with van der Waals surface area (Å²) in [5.74, 6) is 1.00. The number of benzene rings is 2. The summed E-state index contributed by atoms with van der Waals surface area (Å²) in [5, 5.41) is 3.85. The van der Waals surface area contributed by atoms with Gasteiger partial charge in [0.25, 0.3) is 0 Å². The molecule has 2 aromatic rings. The van der Waals surface area contributed by atoms with E-state index in [0.717, 1.165) is 11.1 Å². The molecule has 0 aliphatic rings. The van der Waals surface area contributed by atoms with E-state index in [1.165, 1.54) is 12.1 Å². The molecule has 1 N–H and O–H groups in total. The van der Waals surface area contributed by atoms with Crippen LogP contribution in [0.5, 0.6) is 11.5 Å². The van der Waals surface area contributed by atoms with Gasteiger partial charge in [0, 0.05) is 13.1 Å². The molecule has 0 saturated heterocycles. The Bertz CT molecular complexity index is 659. The number of nitrogens with one attached hydrogen (secondary N) is 1. The summed E-state index contributed by atoms with van der Waals surface area (Å²) in [5.41, 5.74) is 2.02. The van der Waals surface area contributed by atoms with Crippen LogP contribution in [-0.2, 0) is 13.1 Å². The van der Waals surface area contributed by atoms with Gasteiger partial charge in [0.1, 0.15) is 5.82 Å². The first-order valence-corrected chi connectivity index (χ1v) is 8.44. The van der Waals surface area contributed by atoms with Crippen LogP contribution in [0, 0.1) is 5.82 Å². The van der Waals surface area contributed by atoms with Gasteiger partial charge in [-0.3, -0.25) is 0 Å². The van der Waals surface area contributed by atoms with Crippen molar-refractivity contribution in [2.24, 2.45) is 0 Å².